The molecule has 0 spiro atoms. The zero-order chi connectivity index (χ0) is 24.6. The number of benzene rings is 2. The molecule has 0 aliphatic rings. The Labute approximate surface area is 196 Å². The molecule has 0 fully saturated rings. The summed E-state index contributed by atoms with van der Waals surface area (Å²) in [7, 11) is 0. The molecule has 0 saturated carbocycles. The van der Waals surface area contributed by atoms with Crippen LogP contribution in [0, 0.1) is 19.7 Å². The number of aromatic nitrogens is 1. The quantitative estimate of drug-likeness (QED) is 0.277. The zero-order valence-electron chi connectivity index (χ0n) is 18.2. The first-order valence-electron chi connectivity index (χ1n) is 9.76. The van der Waals surface area contributed by atoms with Crippen LogP contribution < -0.4 is 4.74 Å². The van der Waals surface area contributed by atoms with Gasteiger partial charge in [0, 0.05) is 21.1 Å². The fourth-order valence-corrected chi connectivity index (χ4v) is 5.15. The smallest absolute Gasteiger partial charge is 0.419 e. The lowest BCUT2D eigenvalue weighted by Crippen LogP contribution is -2.37. The van der Waals surface area contributed by atoms with E-state index in [1.165, 1.54) is 43.0 Å². The van der Waals surface area contributed by atoms with Gasteiger partial charge >= 0.3 is 12.1 Å². The van der Waals surface area contributed by atoms with Crippen molar-refractivity contribution in [2.75, 3.05) is 0 Å². The molecule has 1 heterocycles. The van der Waals surface area contributed by atoms with Gasteiger partial charge in [-0.25, -0.2) is 14.2 Å². The number of hydrogen-bond acceptors (Lipinski definition) is 5. The summed E-state index contributed by atoms with van der Waals surface area (Å²) < 4.78 is 58.0. The van der Waals surface area contributed by atoms with Gasteiger partial charge in [-0.2, -0.15) is 13.2 Å². The number of carboxylic acid groups (broad SMARTS) is 1. The molecular formula is C23H21F4NO3S2. The van der Waals surface area contributed by atoms with Gasteiger partial charge in [-0.05, 0) is 63.6 Å². The standard InChI is InChI=1S/C23H21F4NO3S2/c1-12-7-15(31-22(3,4)21(29)30)10-16(8-12)32-11-19-13(2)28-20(33-19)14-5-6-17(18(24)9-14)23(25,26)27/h5-10H,11H2,1-4H3,(H,29,30). The average molecular weight is 500 g/mol. The molecule has 0 radical (unpaired) electrons. The van der Waals surface area contributed by atoms with Crippen molar-refractivity contribution in [3.63, 3.8) is 0 Å². The highest BCUT2D eigenvalue weighted by atomic mass is 32.2. The predicted molar refractivity (Wildman–Crippen MR) is 120 cm³/mol. The van der Waals surface area contributed by atoms with Crippen molar-refractivity contribution < 1.29 is 32.2 Å². The van der Waals surface area contributed by atoms with Crippen LogP contribution in [0.15, 0.2) is 41.3 Å². The third-order valence-electron chi connectivity index (χ3n) is 4.70. The summed E-state index contributed by atoms with van der Waals surface area (Å²) >= 11 is 2.78. The Bertz CT molecular complexity index is 1190. The summed E-state index contributed by atoms with van der Waals surface area (Å²) in [4.78, 5) is 17.5. The Hall–Kier alpha value is -2.59. The van der Waals surface area contributed by atoms with Crippen LogP contribution in [0.3, 0.4) is 0 Å². The van der Waals surface area contributed by atoms with E-state index >= 15 is 0 Å². The van der Waals surface area contributed by atoms with Crippen LogP contribution in [0.1, 0.15) is 35.5 Å². The molecule has 33 heavy (non-hydrogen) atoms. The topological polar surface area (TPSA) is 59.4 Å². The molecule has 10 heteroatoms. The van der Waals surface area contributed by atoms with Gasteiger partial charge in [0.25, 0.3) is 0 Å². The van der Waals surface area contributed by atoms with E-state index in [0.29, 0.717) is 22.2 Å². The van der Waals surface area contributed by atoms with E-state index in [4.69, 9.17) is 4.74 Å². The van der Waals surface area contributed by atoms with Gasteiger partial charge in [0.15, 0.2) is 5.60 Å². The maximum Gasteiger partial charge on any atom is 0.419 e. The number of ether oxygens (including phenoxy) is 1. The van der Waals surface area contributed by atoms with Gasteiger partial charge < -0.3 is 9.84 Å². The Kier molecular flexibility index (Phi) is 7.09. The number of hydrogen-bond donors (Lipinski definition) is 1. The van der Waals surface area contributed by atoms with E-state index in [2.05, 4.69) is 4.98 Å². The summed E-state index contributed by atoms with van der Waals surface area (Å²) in [6.07, 6.45) is -4.75. The lowest BCUT2D eigenvalue weighted by atomic mass is 10.1. The number of carbonyl (C=O) groups is 1. The van der Waals surface area contributed by atoms with Crippen molar-refractivity contribution in [2.24, 2.45) is 0 Å². The SMILES string of the molecule is Cc1cc(OC(C)(C)C(=O)O)cc(SCc2sc(-c3ccc(C(F)(F)F)c(F)c3)nc2C)c1. The largest absolute Gasteiger partial charge is 0.478 e. The van der Waals surface area contributed by atoms with Gasteiger partial charge in [-0.3, -0.25) is 0 Å². The highest BCUT2D eigenvalue weighted by Crippen LogP contribution is 2.37. The molecule has 0 unspecified atom stereocenters. The third-order valence-corrected chi connectivity index (χ3v) is 7.09. The first-order valence-corrected chi connectivity index (χ1v) is 11.6. The second kappa shape index (κ2) is 9.34. The van der Waals surface area contributed by atoms with E-state index in [1.807, 2.05) is 13.0 Å². The van der Waals surface area contributed by atoms with Gasteiger partial charge in [0.2, 0.25) is 0 Å². The molecule has 0 atom stereocenters. The van der Waals surface area contributed by atoms with Gasteiger partial charge in [-0.1, -0.05) is 6.07 Å². The fraction of sp³-hybridized carbons (Fsp3) is 0.304. The van der Waals surface area contributed by atoms with Crippen LogP contribution in [0.25, 0.3) is 10.6 Å². The molecule has 1 N–H and O–H groups in total. The molecular weight excluding hydrogens is 478 g/mol. The van der Waals surface area contributed by atoms with Crippen LogP contribution in [0.2, 0.25) is 0 Å². The van der Waals surface area contributed by atoms with Gasteiger partial charge in [0.05, 0.1) is 11.3 Å². The van der Waals surface area contributed by atoms with Crippen molar-refractivity contribution in [3.05, 3.63) is 63.9 Å². The number of aryl methyl sites for hydroxylation is 2. The summed E-state index contributed by atoms with van der Waals surface area (Å²) in [5.74, 6) is -1.45. The molecule has 0 aliphatic heterocycles. The third kappa shape index (κ3) is 6.05. The Morgan fingerprint density at radius 2 is 1.85 bits per heavy atom. The number of rotatable bonds is 7. The van der Waals surface area contributed by atoms with Crippen LogP contribution in [0.4, 0.5) is 17.6 Å². The molecule has 1 aromatic heterocycles. The van der Waals surface area contributed by atoms with E-state index in [0.717, 1.165) is 27.5 Å². The monoisotopic (exact) mass is 499 g/mol. The zero-order valence-corrected chi connectivity index (χ0v) is 19.8. The van der Waals surface area contributed by atoms with Crippen molar-refractivity contribution in [1.29, 1.82) is 0 Å². The normalized spacial score (nSPS) is 12.1. The van der Waals surface area contributed by atoms with E-state index < -0.39 is 29.1 Å². The predicted octanol–water partition coefficient (Wildman–Crippen LogP) is 7.12. The van der Waals surface area contributed by atoms with E-state index in [1.54, 1.807) is 19.1 Å². The van der Waals surface area contributed by atoms with Crippen LogP contribution in [0.5, 0.6) is 5.75 Å². The molecule has 0 bridgehead atoms. The maximum atomic E-state index is 14.0. The second-order valence-electron chi connectivity index (χ2n) is 7.91. The van der Waals surface area contributed by atoms with Gasteiger partial charge in [-0.15, -0.1) is 23.1 Å². The van der Waals surface area contributed by atoms with Crippen LogP contribution in [-0.2, 0) is 16.7 Å². The Morgan fingerprint density at radius 1 is 1.15 bits per heavy atom. The Balaban J connectivity index is 1.78. The molecule has 3 rings (SSSR count). The minimum Gasteiger partial charge on any atom is -0.478 e. The number of alkyl halides is 3. The van der Waals surface area contributed by atoms with E-state index in [9.17, 15) is 27.5 Å². The number of aliphatic carboxylic acids is 1. The molecule has 4 nitrogen and oxygen atoms in total. The molecule has 3 aromatic rings. The fourth-order valence-electron chi connectivity index (χ4n) is 2.91. The van der Waals surface area contributed by atoms with Crippen molar-refractivity contribution in [2.45, 2.75) is 50.1 Å². The molecule has 176 valence electrons. The van der Waals surface area contributed by atoms with Crippen LogP contribution >= 0.6 is 23.1 Å². The number of thiazole rings is 1. The summed E-state index contributed by atoms with van der Waals surface area (Å²) in [5.41, 5.74) is -0.793. The minimum absolute atomic E-state index is 0.284. The lowest BCUT2D eigenvalue weighted by Gasteiger charge is -2.22. The first kappa shape index (κ1) is 25.0. The second-order valence-corrected chi connectivity index (χ2v) is 10.0. The van der Waals surface area contributed by atoms with Crippen molar-refractivity contribution in [3.8, 4) is 16.3 Å². The average Bonchev–Trinajstić information content (AvgIpc) is 3.05. The molecule has 0 saturated heterocycles. The molecule has 2 aromatic carbocycles. The molecule has 0 aliphatic carbocycles. The highest BCUT2D eigenvalue weighted by molar-refractivity contribution is 7.98. The lowest BCUT2D eigenvalue weighted by molar-refractivity contribution is -0.152. The number of halogens is 4. The maximum absolute atomic E-state index is 14.0. The van der Waals surface area contributed by atoms with Crippen molar-refractivity contribution in [1.82, 2.24) is 4.98 Å². The minimum atomic E-state index is -4.75. The van der Waals surface area contributed by atoms with Crippen LogP contribution in [-0.4, -0.2) is 21.7 Å². The summed E-state index contributed by atoms with van der Waals surface area (Å²) in [5, 5.41) is 9.71. The first-order chi connectivity index (χ1) is 15.3. The van der Waals surface area contributed by atoms with E-state index in [-0.39, 0.29) is 5.56 Å². The summed E-state index contributed by atoms with van der Waals surface area (Å²) in [6, 6.07) is 8.24. The highest BCUT2D eigenvalue weighted by Gasteiger charge is 2.34. The molecule has 0 amide bonds. The van der Waals surface area contributed by atoms with Crippen molar-refractivity contribution >= 4 is 29.1 Å². The summed E-state index contributed by atoms with van der Waals surface area (Å²) in [6.45, 7) is 6.60. The number of nitrogens with zero attached hydrogens (tertiary/aromatic N) is 1. The Morgan fingerprint density at radius 3 is 2.45 bits per heavy atom. The van der Waals surface area contributed by atoms with Gasteiger partial charge in [0.1, 0.15) is 16.6 Å². The number of thioether (sulfide) groups is 1. The number of carboxylic acids is 1.